The number of nitrogen functional groups attached to an aromatic ring is 1. The Morgan fingerprint density at radius 1 is 1.19 bits per heavy atom. The summed E-state index contributed by atoms with van der Waals surface area (Å²) in [4.78, 5) is 8.68. The summed E-state index contributed by atoms with van der Waals surface area (Å²) >= 11 is 1.53. The molecule has 0 aliphatic heterocycles. The summed E-state index contributed by atoms with van der Waals surface area (Å²) < 4.78 is 1.83. The second-order valence-electron chi connectivity index (χ2n) is 5.18. The van der Waals surface area contributed by atoms with E-state index in [9.17, 15) is 0 Å². The fraction of sp³-hybridized carbons (Fsp3) is 0.267. The predicted molar refractivity (Wildman–Crippen MR) is 85.4 cm³/mol. The standard InChI is InChI=1S/C15H17N5S/c1-9(2)13-12(16)15(20(3)19-13)21-14-10-6-4-5-7-11(10)17-8-18-14/h4-9H,16H2,1-3H3. The van der Waals surface area contributed by atoms with E-state index in [1.807, 2.05) is 36.0 Å². The number of benzene rings is 1. The van der Waals surface area contributed by atoms with Gasteiger partial charge in [-0.1, -0.05) is 32.0 Å². The third kappa shape index (κ3) is 2.47. The molecule has 0 saturated carbocycles. The summed E-state index contributed by atoms with van der Waals surface area (Å²) in [5, 5.41) is 7.35. The molecule has 2 aromatic heterocycles. The number of nitrogens with two attached hydrogens (primary N) is 1. The summed E-state index contributed by atoms with van der Waals surface area (Å²) in [5.74, 6) is 0.299. The Balaban J connectivity index is 2.07. The number of para-hydroxylation sites is 1. The zero-order valence-electron chi connectivity index (χ0n) is 12.2. The minimum atomic E-state index is 0.299. The monoisotopic (exact) mass is 299 g/mol. The average molecular weight is 299 g/mol. The Hall–Kier alpha value is -2.08. The zero-order valence-corrected chi connectivity index (χ0v) is 13.1. The van der Waals surface area contributed by atoms with E-state index in [1.165, 1.54) is 11.8 Å². The zero-order chi connectivity index (χ0) is 15.0. The maximum atomic E-state index is 6.25. The molecule has 0 atom stereocenters. The Morgan fingerprint density at radius 2 is 1.95 bits per heavy atom. The van der Waals surface area contributed by atoms with E-state index in [1.54, 1.807) is 6.33 Å². The van der Waals surface area contributed by atoms with Crippen molar-refractivity contribution in [1.29, 1.82) is 0 Å². The molecule has 0 spiro atoms. The van der Waals surface area contributed by atoms with Crippen LogP contribution >= 0.6 is 11.8 Å². The lowest BCUT2D eigenvalue weighted by Gasteiger charge is -2.06. The average Bonchev–Trinajstić information content (AvgIpc) is 2.76. The van der Waals surface area contributed by atoms with Crippen LogP contribution in [0.25, 0.3) is 10.9 Å². The first-order valence-electron chi connectivity index (χ1n) is 6.78. The van der Waals surface area contributed by atoms with Gasteiger partial charge < -0.3 is 5.73 Å². The molecule has 3 rings (SSSR count). The van der Waals surface area contributed by atoms with Crippen LogP contribution in [0.4, 0.5) is 5.69 Å². The van der Waals surface area contributed by atoms with E-state index in [0.29, 0.717) is 5.92 Å². The van der Waals surface area contributed by atoms with Crippen LogP contribution in [0.3, 0.4) is 0 Å². The molecular formula is C15H17N5S. The lowest BCUT2D eigenvalue weighted by atomic mass is 10.1. The van der Waals surface area contributed by atoms with Crippen molar-refractivity contribution in [2.24, 2.45) is 7.05 Å². The van der Waals surface area contributed by atoms with Gasteiger partial charge in [-0.25, -0.2) is 9.97 Å². The van der Waals surface area contributed by atoms with Gasteiger partial charge in [0.1, 0.15) is 16.4 Å². The molecule has 0 amide bonds. The lowest BCUT2D eigenvalue weighted by molar-refractivity contribution is 0.670. The molecule has 1 aromatic carbocycles. The molecule has 2 N–H and O–H groups in total. The third-order valence-corrected chi connectivity index (χ3v) is 4.50. The van der Waals surface area contributed by atoms with Crippen molar-refractivity contribution in [2.45, 2.75) is 29.8 Å². The fourth-order valence-corrected chi connectivity index (χ4v) is 3.20. The molecular weight excluding hydrogens is 282 g/mol. The molecule has 0 fully saturated rings. The molecule has 2 heterocycles. The van der Waals surface area contributed by atoms with Gasteiger partial charge >= 0.3 is 0 Å². The fourth-order valence-electron chi connectivity index (χ4n) is 2.25. The Bertz CT molecular complexity index is 789. The van der Waals surface area contributed by atoms with Gasteiger partial charge in [-0.05, 0) is 23.7 Å². The second-order valence-corrected chi connectivity index (χ2v) is 6.16. The first-order valence-corrected chi connectivity index (χ1v) is 7.59. The molecule has 5 nitrogen and oxygen atoms in total. The summed E-state index contributed by atoms with van der Waals surface area (Å²) in [7, 11) is 1.91. The van der Waals surface area contributed by atoms with Crippen molar-refractivity contribution in [3.63, 3.8) is 0 Å². The van der Waals surface area contributed by atoms with Crippen molar-refractivity contribution in [2.75, 3.05) is 5.73 Å². The largest absolute Gasteiger partial charge is 0.395 e. The van der Waals surface area contributed by atoms with Gasteiger partial charge in [-0.15, -0.1) is 0 Å². The van der Waals surface area contributed by atoms with Gasteiger partial charge in [0.15, 0.2) is 0 Å². The van der Waals surface area contributed by atoms with Crippen molar-refractivity contribution >= 4 is 28.4 Å². The molecule has 0 saturated heterocycles. The first-order chi connectivity index (χ1) is 10.1. The molecule has 6 heteroatoms. The number of aryl methyl sites for hydroxylation is 1. The van der Waals surface area contributed by atoms with Gasteiger partial charge in [0.05, 0.1) is 16.9 Å². The van der Waals surface area contributed by atoms with Crippen LogP contribution in [-0.4, -0.2) is 19.7 Å². The van der Waals surface area contributed by atoms with Crippen LogP contribution in [-0.2, 0) is 7.05 Å². The van der Waals surface area contributed by atoms with Gasteiger partial charge in [0.25, 0.3) is 0 Å². The van der Waals surface area contributed by atoms with E-state index >= 15 is 0 Å². The van der Waals surface area contributed by atoms with E-state index in [-0.39, 0.29) is 0 Å². The maximum absolute atomic E-state index is 6.25. The van der Waals surface area contributed by atoms with E-state index in [2.05, 4.69) is 28.9 Å². The van der Waals surface area contributed by atoms with Crippen LogP contribution in [0.1, 0.15) is 25.5 Å². The maximum Gasteiger partial charge on any atom is 0.123 e. The number of nitrogens with zero attached hydrogens (tertiary/aromatic N) is 4. The molecule has 0 aliphatic rings. The number of anilines is 1. The molecule has 0 bridgehead atoms. The Kier molecular flexibility index (Phi) is 3.55. The SMILES string of the molecule is CC(C)c1nn(C)c(Sc2ncnc3ccccc23)c1N. The highest BCUT2D eigenvalue weighted by atomic mass is 32.2. The van der Waals surface area contributed by atoms with Crippen LogP contribution in [0, 0.1) is 0 Å². The molecule has 0 radical (unpaired) electrons. The number of fused-ring (bicyclic) bond motifs is 1. The molecule has 108 valence electrons. The molecule has 21 heavy (non-hydrogen) atoms. The van der Waals surface area contributed by atoms with Gasteiger partial charge in [-0.3, -0.25) is 4.68 Å². The highest BCUT2D eigenvalue weighted by Gasteiger charge is 2.18. The Labute approximate surface area is 127 Å². The summed E-state index contributed by atoms with van der Waals surface area (Å²) in [6.07, 6.45) is 1.58. The van der Waals surface area contributed by atoms with Crippen LogP contribution in [0.5, 0.6) is 0 Å². The van der Waals surface area contributed by atoms with Crippen LogP contribution < -0.4 is 5.73 Å². The first kappa shape index (κ1) is 13.9. The summed E-state index contributed by atoms with van der Waals surface area (Å²) in [6.45, 7) is 4.18. The topological polar surface area (TPSA) is 69.6 Å². The highest BCUT2D eigenvalue weighted by Crippen LogP contribution is 2.37. The second kappa shape index (κ2) is 5.37. The highest BCUT2D eigenvalue weighted by molar-refractivity contribution is 7.99. The molecule has 3 aromatic rings. The van der Waals surface area contributed by atoms with E-state index < -0.39 is 0 Å². The predicted octanol–water partition coefficient (Wildman–Crippen LogP) is 3.22. The van der Waals surface area contributed by atoms with Gasteiger partial charge in [-0.2, -0.15) is 5.10 Å². The number of hydrogen-bond donors (Lipinski definition) is 1. The smallest absolute Gasteiger partial charge is 0.123 e. The van der Waals surface area contributed by atoms with Crippen molar-refractivity contribution in [1.82, 2.24) is 19.7 Å². The normalized spacial score (nSPS) is 11.4. The van der Waals surface area contributed by atoms with Crippen LogP contribution in [0.2, 0.25) is 0 Å². The minimum absolute atomic E-state index is 0.299. The summed E-state index contributed by atoms with van der Waals surface area (Å²) in [5.41, 5.74) is 8.85. The molecule has 0 aliphatic carbocycles. The number of aromatic nitrogens is 4. The quantitative estimate of drug-likeness (QED) is 0.752. The minimum Gasteiger partial charge on any atom is -0.395 e. The molecule has 0 unspecified atom stereocenters. The van der Waals surface area contributed by atoms with Gasteiger partial charge in [0, 0.05) is 12.4 Å². The van der Waals surface area contributed by atoms with E-state index in [4.69, 9.17) is 5.73 Å². The summed E-state index contributed by atoms with van der Waals surface area (Å²) in [6, 6.07) is 7.96. The van der Waals surface area contributed by atoms with Crippen molar-refractivity contribution in [3.8, 4) is 0 Å². The Morgan fingerprint density at radius 3 is 2.67 bits per heavy atom. The lowest BCUT2D eigenvalue weighted by Crippen LogP contribution is -1.95. The van der Waals surface area contributed by atoms with Crippen LogP contribution in [0.15, 0.2) is 40.6 Å². The van der Waals surface area contributed by atoms with Gasteiger partial charge in [0.2, 0.25) is 0 Å². The number of hydrogen-bond acceptors (Lipinski definition) is 5. The number of rotatable bonds is 3. The van der Waals surface area contributed by atoms with Crippen molar-refractivity contribution < 1.29 is 0 Å². The van der Waals surface area contributed by atoms with Crippen molar-refractivity contribution in [3.05, 3.63) is 36.3 Å². The van der Waals surface area contributed by atoms with E-state index in [0.717, 1.165) is 32.3 Å². The third-order valence-electron chi connectivity index (χ3n) is 3.30.